The topological polar surface area (TPSA) is 38.1 Å². The molecule has 1 aliphatic rings. The Kier molecular flexibility index (Phi) is 4.17. The molecule has 0 bridgehead atoms. The second-order valence-electron chi connectivity index (χ2n) is 5.74. The molecule has 1 N–H and O–H groups in total. The van der Waals surface area contributed by atoms with Crippen LogP contribution in [-0.2, 0) is 0 Å². The molecule has 3 nitrogen and oxygen atoms in total. The number of hydrogen-bond acceptors (Lipinski definition) is 2. The van der Waals surface area contributed by atoms with Gasteiger partial charge < -0.3 is 5.11 Å². The van der Waals surface area contributed by atoms with E-state index in [-0.39, 0.29) is 11.5 Å². The van der Waals surface area contributed by atoms with Gasteiger partial charge in [0.1, 0.15) is 6.10 Å². The second-order valence-corrected chi connectivity index (χ2v) is 6.60. The van der Waals surface area contributed by atoms with Crippen LogP contribution in [-0.4, -0.2) is 14.9 Å². The monoisotopic (exact) mass is 314 g/mol. The summed E-state index contributed by atoms with van der Waals surface area (Å²) in [5.41, 5.74) is 1.00. The van der Waals surface area contributed by atoms with E-state index in [2.05, 4.69) is 41.8 Å². The zero-order valence-corrected chi connectivity index (χ0v) is 13.1. The first kappa shape index (κ1) is 14.1. The fourth-order valence-electron chi connectivity index (χ4n) is 3.21. The van der Waals surface area contributed by atoms with Gasteiger partial charge in [0, 0.05) is 11.5 Å². The van der Waals surface area contributed by atoms with Gasteiger partial charge in [-0.05, 0) is 49.0 Å². The van der Waals surface area contributed by atoms with E-state index in [9.17, 15) is 5.11 Å². The Balaban J connectivity index is 2.38. The zero-order valence-electron chi connectivity index (χ0n) is 11.5. The molecule has 1 unspecified atom stereocenters. The van der Waals surface area contributed by atoms with Gasteiger partial charge in [-0.15, -0.1) is 0 Å². The largest absolute Gasteiger partial charge is 0.386 e. The summed E-state index contributed by atoms with van der Waals surface area (Å²) in [5.74, 6) is 0. The summed E-state index contributed by atoms with van der Waals surface area (Å²) in [7, 11) is 0. The van der Waals surface area contributed by atoms with E-state index >= 15 is 0 Å². The maximum Gasteiger partial charge on any atom is 0.102 e. The molecule has 1 fully saturated rings. The van der Waals surface area contributed by atoms with Crippen molar-refractivity contribution in [3.8, 4) is 0 Å². The molecule has 1 aliphatic carbocycles. The molecular formula is C14H23BrN2O. The lowest BCUT2D eigenvalue weighted by Crippen LogP contribution is -2.28. The highest BCUT2D eigenvalue weighted by atomic mass is 79.9. The van der Waals surface area contributed by atoms with Gasteiger partial charge in [-0.1, -0.05) is 19.8 Å². The minimum absolute atomic E-state index is 0.0508. The van der Waals surface area contributed by atoms with Gasteiger partial charge in [0.05, 0.1) is 16.4 Å². The average Bonchev–Trinajstić information content (AvgIpc) is 2.95. The van der Waals surface area contributed by atoms with Crippen LogP contribution in [0.2, 0.25) is 0 Å². The van der Waals surface area contributed by atoms with Crippen molar-refractivity contribution in [3.05, 3.63) is 16.4 Å². The number of hydrogen-bond donors (Lipinski definition) is 1. The second kappa shape index (κ2) is 5.33. The van der Waals surface area contributed by atoms with Crippen LogP contribution in [0.5, 0.6) is 0 Å². The first-order valence-corrected chi connectivity index (χ1v) is 7.72. The standard InChI is InChI=1S/C14H23BrN2O/c1-4-14(7-5-6-8-14)13(18)12-11(15)9-16-17(12)10(2)3/h9-10,13,18H,4-8H2,1-3H3. The molecule has 18 heavy (non-hydrogen) atoms. The van der Waals surface area contributed by atoms with Crippen LogP contribution < -0.4 is 0 Å². The minimum atomic E-state index is -0.413. The first-order valence-electron chi connectivity index (χ1n) is 6.93. The summed E-state index contributed by atoms with van der Waals surface area (Å²) >= 11 is 3.54. The molecule has 2 rings (SSSR count). The van der Waals surface area contributed by atoms with Crippen LogP contribution in [0.25, 0.3) is 0 Å². The molecule has 0 saturated heterocycles. The summed E-state index contributed by atoms with van der Waals surface area (Å²) in [6.07, 6.45) is 7.14. The van der Waals surface area contributed by atoms with Crippen molar-refractivity contribution in [1.29, 1.82) is 0 Å². The van der Waals surface area contributed by atoms with Crippen LogP contribution in [0.1, 0.15) is 70.7 Å². The van der Waals surface area contributed by atoms with Gasteiger partial charge >= 0.3 is 0 Å². The van der Waals surface area contributed by atoms with Crippen molar-refractivity contribution in [2.45, 2.75) is 65.0 Å². The Morgan fingerprint density at radius 3 is 2.56 bits per heavy atom. The van der Waals surface area contributed by atoms with Crippen molar-refractivity contribution < 1.29 is 5.11 Å². The molecular weight excluding hydrogens is 292 g/mol. The molecule has 0 amide bonds. The van der Waals surface area contributed by atoms with Crippen molar-refractivity contribution in [2.24, 2.45) is 5.41 Å². The Bertz CT molecular complexity index is 408. The first-order chi connectivity index (χ1) is 8.52. The van der Waals surface area contributed by atoms with Crippen LogP contribution in [0, 0.1) is 5.41 Å². The SMILES string of the molecule is CCC1(C(O)c2c(Br)cnn2C(C)C)CCCC1. The molecule has 0 spiro atoms. The van der Waals surface area contributed by atoms with Crippen LogP contribution >= 0.6 is 15.9 Å². The number of halogens is 1. The highest BCUT2D eigenvalue weighted by Gasteiger charge is 2.42. The fraction of sp³-hybridized carbons (Fsp3) is 0.786. The molecule has 1 aromatic rings. The Morgan fingerprint density at radius 2 is 2.06 bits per heavy atom. The molecule has 0 radical (unpaired) electrons. The summed E-state index contributed by atoms with van der Waals surface area (Å²) in [6.45, 7) is 6.39. The zero-order chi connectivity index (χ0) is 13.3. The van der Waals surface area contributed by atoms with Crippen LogP contribution in [0.4, 0.5) is 0 Å². The summed E-state index contributed by atoms with van der Waals surface area (Å²) in [6, 6.07) is 0.274. The third-order valence-electron chi connectivity index (χ3n) is 4.42. The van der Waals surface area contributed by atoms with Gasteiger partial charge in [0.15, 0.2) is 0 Å². The minimum Gasteiger partial charge on any atom is -0.386 e. The molecule has 0 aliphatic heterocycles. The highest BCUT2D eigenvalue weighted by molar-refractivity contribution is 9.10. The maximum atomic E-state index is 10.9. The fourth-order valence-corrected chi connectivity index (χ4v) is 3.70. The predicted octanol–water partition coefficient (Wildman–Crippen LogP) is 4.23. The molecule has 4 heteroatoms. The van der Waals surface area contributed by atoms with Crippen molar-refractivity contribution in [1.82, 2.24) is 9.78 Å². The van der Waals surface area contributed by atoms with Crippen molar-refractivity contribution in [3.63, 3.8) is 0 Å². The van der Waals surface area contributed by atoms with E-state index in [1.807, 2.05) is 4.68 Å². The maximum absolute atomic E-state index is 10.9. The third-order valence-corrected chi connectivity index (χ3v) is 5.03. The highest BCUT2D eigenvalue weighted by Crippen LogP contribution is 2.51. The van der Waals surface area contributed by atoms with Crippen LogP contribution in [0.15, 0.2) is 10.7 Å². The smallest absolute Gasteiger partial charge is 0.102 e. The Morgan fingerprint density at radius 1 is 1.44 bits per heavy atom. The van der Waals surface area contributed by atoms with E-state index in [0.717, 1.165) is 29.4 Å². The van der Waals surface area contributed by atoms with Gasteiger partial charge in [0.25, 0.3) is 0 Å². The number of rotatable bonds is 4. The van der Waals surface area contributed by atoms with E-state index in [1.165, 1.54) is 12.8 Å². The van der Waals surface area contributed by atoms with Gasteiger partial charge in [-0.2, -0.15) is 5.10 Å². The van der Waals surface area contributed by atoms with E-state index in [1.54, 1.807) is 6.20 Å². The number of aliphatic hydroxyl groups excluding tert-OH is 1. The number of nitrogens with zero attached hydrogens (tertiary/aromatic N) is 2. The van der Waals surface area contributed by atoms with Gasteiger partial charge in [-0.25, -0.2) is 0 Å². The molecule has 0 aromatic carbocycles. The molecule has 1 atom stereocenters. The molecule has 102 valence electrons. The number of aromatic nitrogens is 2. The van der Waals surface area contributed by atoms with Crippen LogP contribution in [0.3, 0.4) is 0 Å². The van der Waals surface area contributed by atoms with E-state index < -0.39 is 6.10 Å². The summed E-state index contributed by atoms with van der Waals surface area (Å²) in [5, 5.41) is 15.3. The van der Waals surface area contributed by atoms with E-state index in [0.29, 0.717) is 0 Å². The normalized spacial score (nSPS) is 20.6. The molecule has 1 aromatic heterocycles. The molecule has 1 saturated carbocycles. The Hall–Kier alpha value is -0.350. The quantitative estimate of drug-likeness (QED) is 0.903. The van der Waals surface area contributed by atoms with Crippen molar-refractivity contribution in [2.75, 3.05) is 0 Å². The summed E-state index contributed by atoms with van der Waals surface area (Å²) in [4.78, 5) is 0. The summed E-state index contributed by atoms with van der Waals surface area (Å²) < 4.78 is 2.88. The third kappa shape index (κ3) is 2.25. The lowest BCUT2D eigenvalue weighted by atomic mass is 9.76. The van der Waals surface area contributed by atoms with Crippen molar-refractivity contribution >= 4 is 15.9 Å². The van der Waals surface area contributed by atoms with E-state index in [4.69, 9.17) is 0 Å². The lowest BCUT2D eigenvalue weighted by Gasteiger charge is -2.34. The lowest BCUT2D eigenvalue weighted by molar-refractivity contribution is 0.0157. The predicted molar refractivity (Wildman–Crippen MR) is 76.5 cm³/mol. The van der Waals surface area contributed by atoms with Gasteiger partial charge in [0.2, 0.25) is 0 Å². The Labute approximate surface area is 118 Å². The molecule has 1 heterocycles. The average molecular weight is 315 g/mol. The number of aliphatic hydroxyl groups is 1. The van der Waals surface area contributed by atoms with Gasteiger partial charge in [-0.3, -0.25) is 4.68 Å².